The van der Waals surface area contributed by atoms with Gasteiger partial charge in [-0.1, -0.05) is 74.5 Å². The molecule has 0 atom stereocenters. The summed E-state index contributed by atoms with van der Waals surface area (Å²) in [6, 6.07) is 24.7. The van der Waals surface area contributed by atoms with Gasteiger partial charge in [-0.25, -0.2) is 0 Å². The van der Waals surface area contributed by atoms with Gasteiger partial charge in [-0.2, -0.15) is 0 Å². The van der Waals surface area contributed by atoms with Crippen LogP contribution in [-0.2, 0) is 5.41 Å². The van der Waals surface area contributed by atoms with Crippen LogP contribution in [0.25, 0.3) is 11.1 Å². The Morgan fingerprint density at radius 3 is 2.12 bits per heavy atom. The standard InChI is InChI=1S/C24H25NO/c1-4-25-17-20-15-19(18-11-7-5-8-12-18)16-22(23(20)26)24(2,3)21-13-9-6-10-14-21/h5-17,26H,4H2,1-3H3. The number of nitrogens with zero attached hydrogens (tertiary/aromatic N) is 1. The van der Waals surface area contributed by atoms with Gasteiger partial charge in [0, 0.05) is 29.3 Å². The zero-order valence-corrected chi connectivity index (χ0v) is 15.6. The van der Waals surface area contributed by atoms with Gasteiger partial charge in [-0.05, 0) is 35.7 Å². The minimum absolute atomic E-state index is 0.302. The second-order valence-corrected chi connectivity index (χ2v) is 6.95. The first-order chi connectivity index (χ1) is 12.5. The van der Waals surface area contributed by atoms with Gasteiger partial charge in [0.25, 0.3) is 0 Å². The van der Waals surface area contributed by atoms with Crippen molar-refractivity contribution in [3.8, 4) is 16.9 Å². The Morgan fingerprint density at radius 1 is 0.885 bits per heavy atom. The highest BCUT2D eigenvalue weighted by molar-refractivity contribution is 5.87. The number of phenolic OH excluding ortho intramolecular Hbond substituents is 1. The van der Waals surface area contributed by atoms with Crippen molar-refractivity contribution in [3.63, 3.8) is 0 Å². The van der Waals surface area contributed by atoms with Crippen molar-refractivity contribution < 1.29 is 5.11 Å². The van der Waals surface area contributed by atoms with Crippen molar-refractivity contribution >= 4 is 6.21 Å². The Balaban J connectivity index is 2.22. The fraction of sp³-hybridized carbons (Fsp3) is 0.208. The van der Waals surface area contributed by atoms with E-state index in [4.69, 9.17) is 0 Å². The second kappa shape index (κ2) is 7.57. The maximum Gasteiger partial charge on any atom is 0.128 e. The van der Waals surface area contributed by atoms with E-state index in [0.717, 1.165) is 22.3 Å². The number of hydrogen-bond donors (Lipinski definition) is 1. The molecule has 0 spiro atoms. The fourth-order valence-corrected chi connectivity index (χ4v) is 3.23. The molecule has 3 rings (SSSR count). The maximum atomic E-state index is 11.0. The van der Waals surface area contributed by atoms with Gasteiger partial charge in [-0.3, -0.25) is 4.99 Å². The summed E-state index contributed by atoms with van der Waals surface area (Å²) < 4.78 is 0. The topological polar surface area (TPSA) is 32.6 Å². The van der Waals surface area contributed by atoms with Crippen molar-refractivity contribution in [2.75, 3.05) is 6.54 Å². The summed E-state index contributed by atoms with van der Waals surface area (Å²) in [5, 5.41) is 11.0. The molecule has 26 heavy (non-hydrogen) atoms. The van der Waals surface area contributed by atoms with Crippen LogP contribution in [0, 0.1) is 0 Å². The molecular formula is C24H25NO. The van der Waals surface area contributed by atoms with Gasteiger partial charge in [-0.15, -0.1) is 0 Å². The monoisotopic (exact) mass is 343 g/mol. The third-order valence-electron chi connectivity index (χ3n) is 4.83. The van der Waals surface area contributed by atoms with Crippen molar-refractivity contribution in [3.05, 3.63) is 89.5 Å². The van der Waals surface area contributed by atoms with Gasteiger partial charge in [0.1, 0.15) is 5.75 Å². The molecule has 0 saturated heterocycles. The normalized spacial score (nSPS) is 11.8. The maximum absolute atomic E-state index is 11.0. The number of phenols is 1. The summed E-state index contributed by atoms with van der Waals surface area (Å²) in [5.41, 5.74) is 4.71. The van der Waals surface area contributed by atoms with Crippen LogP contribution < -0.4 is 0 Å². The van der Waals surface area contributed by atoms with Crippen LogP contribution >= 0.6 is 0 Å². The Labute approximate surface area is 155 Å². The zero-order chi connectivity index (χ0) is 18.6. The highest BCUT2D eigenvalue weighted by Crippen LogP contribution is 2.40. The summed E-state index contributed by atoms with van der Waals surface area (Å²) in [7, 11) is 0. The molecule has 0 aromatic heterocycles. The molecule has 3 aromatic rings. The second-order valence-electron chi connectivity index (χ2n) is 6.95. The molecule has 0 aliphatic carbocycles. The van der Waals surface area contributed by atoms with E-state index in [9.17, 15) is 5.11 Å². The molecule has 1 N–H and O–H groups in total. The quantitative estimate of drug-likeness (QED) is 0.581. The molecule has 0 unspecified atom stereocenters. The molecule has 0 aliphatic rings. The molecule has 0 radical (unpaired) electrons. The number of aliphatic imine (C=N–C) groups is 1. The van der Waals surface area contributed by atoms with Gasteiger partial charge in [0.15, 0.2) is 0 Å². The molecule has 0 fully saturated rings. The largest absolute Gasteiger partial charge is 0.507 e. The van der Waals surface area contributed by atoms with Crippen LogP contribution in [0.3, 0.4) is 0 Å². The summed E-state index contributed by atoms with van der Waals surface area (Å²) in [4.78, 5) is 4.35. The van der Waals surface area contributed by atoms with Crippen LogP contribution in [0.5, 0.6) is 5.75 Å². The average molecular weight is 343 g/mol. The molecule has 2 heteroatoms. The molecule has 3 aromatic carbocycles. The molecule has 0 aliphatic heterocycles. The van der Waals surface area contributed by atoms with Crippen molar-refractivity contribution in [1.82, 2.24) is 0 Å². The van der Waals surface area contributed by atoms with Gasteiger partial charge in [0.05, 0.1) is 0 Å². The highest BCUT2D eigenvalue weighted by Gasteiger charge is 2.28. The molecule has 2 nitrogen and oxygen atoms in total. The lowest BCUT2D eigenvalue weighted by Crippen LogP contribution is -2.19. The van der Waals surface area contributed by atoms with E-state index in [-0.39, 0.29) is 5.41 Å². The Hall–Kier alpha value is -2.87. The van der Waals surface area contributed by atoms with E-state index in [1.165, 1.54) is 5.56 Å². The number of hydrogen-bond acceptors (Lipinski definition) is 2. The third kappa shape index (κ3) is 3.55. The van der Waals surface area contributed by atoms with E-state index >= 15 is 0 Å². The van der Waals surface area contributed by atoms with E-state index < -0.39 is 0 Å². The van der Waals surface area contributed by atoms with E-state index in [1.807, 2.05) is 49.4 Å². The SMILES string of the molecule is CCN=Cc1cc(-c2ccccc2)cc(C(C)(C)c2ccccc2)c1O. The molecular weight excluding hydrogens is 318 g/mol. The summed E-state index contributed by atoms with van der Waals surface area (Å²) in [6.07, 6.45) is 1.77. The lowest BCUT2D eigenvalue weighted by atomic mass is 9.76. The van der Waals surface area contributed by atoms with Gasteiger partial charge in [0.2, 0.25) is 0 Å². The van der Waals surface area contributed by atoms with Crippen molar-refractivity contribution in [1.29, 1.82) is 0 Å². The van der Waals surface area contributed by atoms with Crippen molar-refractivity contribution in [2.24, 2.45) is 4.99 Å². The Morgan fingerprint density at radius 2 is 1.50 bits per heavy atom. The number of aromatic hydroxyl groups is 1. The first-order valence-electron chi connectivity index (χ1n) is 9.02. The highest BCUT2D eigenvalue weighted by atomic mass is 16.3. The lowest BCUT2D eigenvalue weighted by molar-refractivity contribution is 0.452. The molecule has 0 amide bonds. The summed E-state index contributed by atoms with van der Waals surface area (Å²) in [6.45, 7) is 6.97. The smallest absolute Gasteiger partial charge is 0.128 e. The fourth-order valence-electron chi connectivity index (χ4n) is 3.23. The first kappa shape index (κ1) is 17.9. The molecule has 0 saturated carbocycles. The van der Waals surface area contributed by atoms with E-state index in [1.54, 1.807) is 6.21 Å². The average Bonchev–Trinajstić information content (AvgIpc) is 2.68. The summed E-state index contributed by atoms with van der Waals surface area (Å²) >= 11 is 0. The summed E-state index contributed by atoms with van der Waals surface area (Å²) in [5.74, 6) is 0.302. The predicted octanol–water partition coefficient (Wildman–Crippen LogP) is 5.82. The van der Waals surface area contributed by atoms with E-state index in [2.05, 4.69) is 49.2 Å². The number of benzene rings is 3. The molecule has 132 valence electrons. The van der Waals surface area contributed by atoms with Crippen LogP contribution in [-0.4, -0.2) is 17.9 Å². The van der Waals surface area contributed by atoms with Crippen LogP contribution in [0.4, 0.5) is 0 Å². The van der Waals surface area contributed by atoms with Crippen LogP contribution in [0.1, 0.15) is 37.5 Å². The van der Waals surface area contributed by atoms with Gasteiger partial charge >= 0.3 is 0 Å². The predicted molar refractivity (Wildman–Crippen MR) is 110 cm³/mol. The lowest BCUT2D eigenvalue weighted by Gasteiger charge is -2.28. The van der Waals surface area contributed by atoms with E-state index in [0.29, 0.717) is 12.3 Å². The molecule has 0 bridgehead atoms. The Bertz CT molecular complexity index is 896. The first-order valence-corrected chi connectivity index (χ1v) is 9.02. The minimum atomic E-state index is -0.328. The Kier molecular flexibility index (Phi) is 5.22. The minimum Gasteiger partial charge on any atom is -0.507 e. The molecule has 0 heterocycles. The third-order valence-corrected chi connectivity index (χ3v) is 4.83. The zero-order valence-electron chi connectivity index (χ0n) is 15.6. The van der Waals surface area contributed by atoms with Gasteiger partial charge < -0.3 is 5.11 Å². The van der Waals surface area contributed by atoms with Crippen LogP contribution in [0.15, 0.2) is 77.8 Å². The number of rotatable bonds is 5. The van der Waals surface area contributed by atoms with Crippen molar-refractivity contribution in [2.45, 2.75) is 26.2 Å². The van der Waals surface area contributed by atoms with Crippen LogP contribution in [0.2, 0.25) is 0 Å².